The van der Waals surface area contributed by atoms with E-state index < -0.39 is 0 Å². The molecule has 0 aliphatic heterocycles. The zero-order valence-electron chi connectivity index (χ0n) is 15.6. The number of methoxy groups -OCH3 is 1. The molecule has 144 valence electrons. The molecule has 1 heterocycles. The Hall–Kier alpha value is -1.55. The lowest BCUT2D eigenvalue weighted by Crippen LogP contribution is -2.38. The van der Waals surface area contributed by atoms with E-state index in [-0.39, 0.29) is 24.0 Å². The highest BCUT2D eigenvalue weighted by atomic mass is 127. The van der Waals surface area contributed by atoms with Crippen LogP contribution in [-0.4, -0.2) is 38.3 Å². The minimum atomic E-state index is 0. The second-order valence-electron chi connectivity index (χ2n) is 5.70. The summed E-state index contributed by atoms with van der Waals surface area (Å²) in [5.74, 6) is 2.82. The lowest BCUT2D eigenvalue weighted by atomic mass is 10.2. The number of guanidine groups is 1. The van der Waals surface area contributed by atoms with Crippen molar-refractivity contribution in [3.05, 3.63) is 40.3 Å². The van der Waals surface area contributed by atoms with Gasteiger partial charge in [0.15, 0.2) is 5.96 Å². The number of nitrogens with zero attached hydrogens (tertiary/aromatic N) is 2. The molecule has 0 saturated heterocycles. The summed E-state index contributed by atoms with van der Waals surface area (Å²) in [7, 11) is 3.40. The molecule has 6 nitrogen and oxygen atoms in total. The van der Waals surface area contributed by atoms with Gasteiger partial charge in [-0.15, -0.1) is 35.3 Å². The van der Waals surface area contributed by atoms with Crippen molar-refractivity contribution in [1.29, 1.82) is 0 Å². The summed E-state index contributed by atoms with van der Waals surface area (Å²) in [6, 6.07) is 7.53. The van der Waals surface area contributed by atoms with E-state index >= 15 is 0 Å². The van der Waals surface area contributed by atoms with Crippen molar-refractivity contribution in [1.82, 2.24) is 15.6 Å². The van der Waals surface area contributed by atoms with Crippen LogP contribution in [0.4, 0.5) is 0 Å². The highest BCUT2D eigenvalue weighted by Crippen LogP contribution is 2.18. The maximum atomic E-state index is 5.68. The summed E-state index contributed by atoms with van der Waals surface area (Å²) >= 11 is 1.67. The van der Waals surface area contributed by atoms with Gasteiger partial charge in [0.1, 0.15) is 23.1 Å². The summed E-state index contributed by atoms with van der Waals surface area (Å²) in [6.45, 7) is 6.16. The average Bonchev–Trinajstić information content (AvgIpc) is 3.11. The standard InChI is InChI=1S/C18H26N4O2S.HI/c1-13(2)16-12-25-17(22-16)11-21-18(19-3)20-9-10-24-15-7-5-14(23-4)6-8-15;/h5-8,12-13H,9-11H2,1-4H3,(H2,19,20,21);1H. The predicted octanol–water partition coefficient (Wildman–Crippen LogP) is 3.64. The minimum Gasteiger partial charge on any atom is -0.497 e. The number of aliphatic imine (C=N–C) groups is 1. The van der Waals surface area contributed by atoms with Crippen LogP contribution in [-0.2, 0) is 6.54 Å². The Kier molecular flexibility index (Phi) is 10.3. The number of rotatable bonds is 8. The summed E-state index contributed by atoms with van der Waals surface area (Å²) < 4.78 is 10.8. The molecule has 0 bridgehead atoms. The Bertz CT molecular complexity index is 674. The summed E-state index contributed by atoms with van der Waals surface area (Å²) in [6.07, 6.45) is 0. The molecule has 26 heavy (non-hydrogen) atoms. The van der Waals surface area contributed by atoms with Gasteiger partial charge < -0.3 is 20.1 Å². The van der Waals surface area contributed by atoms with Crippen LogP contribution in [0.1, 0.15) is 30.5 Å². The van der Waals surface area contributed by atoms with Crippen LogP contribution in [0.15, 0.2) is 34.6 Å². The van der Waals surface area contributed by atoms with Crippen molar-refractivity contribution in [3.63, 3.8) is 0 Å². The topological polar surface area (TPSA) is 67.8 Å². The van der Waals surface area contributed by atoms with Gasteiger partial charge in [0.05, 0.1) is 25.9 Å². The normalized spacial score (nSPS) is 11.0. The van der Waals surface area contributed by atoms with Crippen LogP contribution in [0, 0.1) is 0 Å². The van der Waals surface area contributed by atoms with Crippen LogP contribution in [0.5, 0.6) is 11.5 Å². The first-order valence-electron chi connectivity index (χ1n) is 8.28. The molecule has 1 aromatic heterocycles. The number of thiazole rings is 1. The van der Waals surface area contributed by atoms with Gasteiger partial charge in [-0.2, -0.15) is 0 Å². The number of hydrogen-bond acceptors (Lipinski definition) is 5. The summed E-state index contributed by atoms with van der Waals surface area (Å²) in [5.41, 5.74) is 1.14. The molecule has 1 aromatic carbocycles. The van der Waals surface area contributed by atoms with Crippen molar-refractivity contribution >= 4 is 41.3 Å². The third-order valence-corrected chi connectivity index (χ3v) is 4.38. The first kappa shape index (κ1) is 22.5. The fourth-order valence-corrected chi connectivity index (χ4v) is 2.96. The molecule has 2 rings (SSSR count). The van der Waals surface area contributed by atoms with Crippen LogP contribution in [0.2, 0.25) is 0 Å². The van der Waals surface area contributed by atoms with Crippen LogP contribution < -0.4 is 20.1 Å². The highest BCUT2D eigenvalue weighted by Gasteiger charge is 2.06. The molecule has 2 aromatic rings. The van der Waals surface area contributed by atoms with Gasteiger partial charge in [-0.3, -0.25) is 4.99 Å². The van der Waals surface area contributed by atoms with E-state index in [0.717, 1.165) is 28.2 Å². The van der Waals surface area contributed by atoms with Crippen LogP contribution >= 0.6 is 35.3 Å². The molecule has 0 radical (unpaired) electrons. The monoisotopic (exact) mass is 490 g/mol. The van der Waals surface area contributed by atoms with Crippen molar-refractivity contribution in [2.45, 2.75) is 26.3 Å². The zero-order valence-corrected chi connectivity index (χ0v) is 18.8. The van der Waals surface area contributed by atoms with Gasteiger partial charge in [0.25, 0.3) is 0 Å². The molecule has 0 aliphatic carbocycles. The largest absolute Gasteiger partial charge is 0.497 e. The molecule has 0 atom stereocenters. The number of ether oxygens (including phenoxy) is 2. The second kappa shape index (κ2) is 11.9. The van der Waals surface area contributed by atoms with E-state index in [1.165, 1.54) is 0 Å². The number of nitrogens with one attached hydrogen (secondary N) is 2. The van der Waals surface area contributed by atoms with E-state index in [4.69, 9.17) is 9.47 Å². The van der Waals surface area contributed by atoms with Crippen LogP contribution in [0.25, 0.3) is 0 Å². The molecule has 8 heteroatoms. The molecule has 0 aliphatic rings. The Balaban J connectivity index is 0.00000338. The molecule has 0 unspecified atom stereocenters. The maximum absolute atomic E-state index is 5.68. The quantitative estimate of drug-likeness (QED) is 0.256. The SMILES string of the molecule is CN=C(NCCOc1ccc(OC)cc1)NCc1nc(C(C)C)cs1.I. The molecule has 0 saturated carbocycles. The van der Waals surface area contributed by atoms with Crippen molar-refractivity contribution in [2.75, 3.05) is 27.3 Å². The van der Waals surface area contributed by atoms with Crippen molar-refractivity contribution < 1.29 is 9.47 Å². The lowest BCUT2D eigenvalue weighted by Gasteiger charge is -2.12. The van der Waals surface area contributed by atoms with Gasteiger partial charge in [0.2, 0.25) is 0 Å². The lowest BCUT2D eigenvalue weighted by molar-refractivity contribution is 0.321. The first-order valence-corrected chi connectivity index (χ1v) is 9.16. The molecule has 0 fully saturated rings. The van der Waals surface area contributed by atoms with E-state index in [1.807, 2.05) is 24.3 Å². The third kappa shape index (κ3) is 7.36. The van der Waals surface area contributed by atoms with E-state index in [9.17, 15) is 0 Å². The van der Waals surface area contributed by atoms with E-state index in [1.54, 1.807) is 25.5 Å². The Labute approximate surface area is 176 Å². The maximum Gasteiger partial charge on any atom is 0.191 e. The molecule has 0 spiro atoms. The fraction of sp³-hybridized carbons (Fsp3) is 0.444. The Morgan fingerprint density at radius 1 is 1.19 bits per heavy atom. The minimum absolute atomic E-state index is 0. The van der Waals surface area contributed by atoms with E-state index in [0.29, 0.717) is 25.6 Å². The Morgan fingerprint density at radius 3 is 2.46 bits per heavy atom. The van der Waals surface area contributed by atoms with Crippen LogP contribution in [0.3, 0.4) is 0 Å². The number of aromatic nitrogens is 1. The predicted molar refractivity (Wildman–Crippen MR) is 118 cm³/mol. The second-order valence-corrected chi connectivity index (χ2v) is 6.64. The van der Waals surface area contributed by atoms with Gasteiger partial charge in [-0.25, -0.2) is 4.98 Å². The molecule has 0 amide bonds. The molecular formula is C18H27IN4O2S. The van der Waals surface area contributed by atoms with E-state index in [2.05, 4.69) is 39.8 Å². The summed E-state index contributed by atoms with van der Waals surface area (Å²) in [5, 5.41) is 9.66. The summed E-state index contributed by atoms with van der Waals surface area (Å²) in [4.78, 5) is 8.82. The molecular weight excluding hydrogens is 463 g/mol. The fourth-order valence-electron chi connectivity index (χ4n) is 2.06. The van der Waals surface area contributed by atoms with Gasteiger partial charge in [-0.05, 0) is 30.2 Å². The number of halogens is 1. The number of hydrogen-bond donors (Lipinski definition) is 2. The zero-order chi connectivity index (χ0) is 18.1. The molecule has 2 N–H and O–H groups in total. The van der Waals surface area contributed by atoms with Gasteiger partial charge >= 0.3 is 0 Å². The number of benzene rings is 1. The van der Waals surface area contributed by atoms with Gasteiger partial charge in [-0.1, -0.05) is 13.8 Å². The Morgan fingerprint density at radius 2 is 1.88 bits per heavy atom. The first-order chi connectivity index (χ1) is 12.1. The van der Waals surface area contributed by atoms with Crippen molar-refractivity contribution in [3.8, 4) is 11.5 Å². The van der Waals surface area contributed by atoms with Gasteiger partial charge in [0, 0.05) is 12.4 Å². The average molecular weight is 490 g/mol. The highest BCUT2D eigenvalue weighted by molar-refractivity contribution is 14.0. The smallest absolute Gasteiger partial charge is 0.191 e. The van der Waals surface area contributed by atoms with Crippen molar-refractivity contribution in [2.24, 2.45) is 4.99 Å². The third-order valence-electron chi connectivity index (χ3n) is 3.51.